The summed E-state index contributed by atoms with van der Waals surface area (Å²) in [4.78, 5) is 72.3. The van der Waals surface area contributed by atoms with Crippen LogP contribution < -0.4 is 11.2 Å². The van der Waals surface area contributed by atoms with Gasteiger partial charge in [0, 0.05) is 40.0 Å². The van der Waals surface area contributed by atoms with E-state index in [9.17, 15) is 28.8 Å². The molecule has 1 aromatic heterocycles. The van der Waals surface area contributed by atoms with Crippen molar-refractivity contribution in [2.45, 2.75) is 58.3 Å². The summed E-state index contributed by atoms with van der Waals surface area (Å²) in [5.41, 5.74) is -1.60. The van der Waals surface area contributed by atoms with Crippen LogP contribution in [0.2, 0.25) is 0 Å². The Kier molecular flexibility index (Phi) is 7.69. The smallest absolute Gasteiger partial charge is 0.330 e. The van der Waals surface area contributed by atoms with Gasteiger partial charge in [-0.1, -0.05) is 0 Å². The SMILES string of the molecule is CC(=O)OC[C@H]1O[C@H](n2ccc(=O)[nH]c2=O)[C@H](OC(C)=O)[C@@H](OC(C)=O)[C@@H]1OC(C)=O. The van der Waals surface area contributed by atoms with E-state index in [4.69, 9.17) is 23.7 Å². The van der Waals surface area contributed by atoms with E-state index >= 15 is 0 Å². The van der Waals surface area contributed by atoms with Crippen molar-refractivity contribution < 1.29 is 42.9 Å². The second-order valence-electron chi connectivity index (χ2n) is 6.61. The van der Waals surface area contributed by atoms with Crippen LogP contribution in [0.1, 0.15) is 33.9 Å². The summed E-state index contributed by atoms with van der Waals surface area (Å²) >= 11 is 0. The fraction of sp³-hybridized carbons (Fsp3) is 0.556. The highest BCUT2D eigenvalue weighted by Crippen LogP contribution is 2.33. The van der Waals surface area contributed by atoms with Gasteiger partial charge in [0.25, 0.3) is 5.56 Å². The van der Waals surface area contributed by atoms with Gasteiger partial charge in [-0.2, -0.15) is 0 Å². The lowest BCUT2D eigenvalue weighted by Gasteiger charge is -2.44. The van der Waals surface area contributed by atoms with Gasteiger partial charge in [0.05, 0.1) is 0 Å². The normalized spacial score (nSPS) is 25.2. The Morgan fingerprint density at radius 3 is 1.97 bits per heavy atom. The number of nitrogens with zero attached hydrogens (tertiary/aromatic N) is 1. The van der Waals surface area contributed by atoms with E-state index in [1.807, 2.05) is 4.98 Å². The first-order chi connectivity index (χ1) is 14.5. The third kappa shape index (κ3) is 6.25. The van der Waals surface area contributed by atoms with Crippen molar-refractivity contribution in [1.82, 2.24) is 9.55 Å². The monoisotopic (exact) mass is 442 g/mol. The molecular weight excluding hydrogens is 420 g/mol. The first-order valence-electron chi connectivity index (χ1n) is 9.11. The number of hydrogen-bond acceptors (Lipinski definition) is 11. The van der Waals surface area contributed by atoms with Gasteiger partial charge in [0.1, 0.15) is 12.7 Å². The maximum absolute atomic E-state index is 12.3. The minimum absolute atomic E-state index is 0.438. The summed E-state index contributed by atoms with van der Waals surface area (Å²) in [7, 11) is 0. The van der Waals surface area contributed by atoms with E-state index in [1.165, 1.54) is 0 Å². The Labute approximate surface area is 175 Å². The molecule has 1 N–H and O–H groups in total. The van der Waals surface area contributed by atoms with Crippen LogP contribution in [-0.2, 0) is 42.9 Å². The number of rotatable bonds is 6. The number of carbonyl (C=O) groups excluding carboxylic acids is 4. The maximum atomic E-state index is 12.3. The third-order valence-electron chi connectivity index (χ3n) is 4.09. The Morgan fingerprint density at radius 1 is 0.903 bits per heavy atom. The molecule has 0 bridgehead atoms. The van der Waals surface area contributed by atoms with Gasteiger partial charge in [-0.25, -0.2) is 4.79 Å². The predicted molar refractivity (Wildman–Crippen MR) is 98.5 cm³/mol. The average Bonchev–Trinajstić information content (AvgIpc) is 2.63. The van der Waals surface area contributed by atoms with Gasteiger partial charge in [-0.15, -0.1) is 0 Å². The highest BCUT2D eigenvalue weighted by molar-refractivity contribution is 5.68. The number of aromatic nitrogens is 2. The number of esters is 4. The van der Waals surface area contributed by atoms with E-state index < -0.39 is 72.4 Å². The quantitative estimate of drug-likeness (QED) is 0.414. The van der Waals surface area contributed by atoms with Gasteiger partial charge in [-0.3, -0.25) is 33.5 Å². The van der Waals surface area contributed by atoms with Crippen LogP contribution in [0.5, 0.6) is 0 Å². The molecule has 1 aliphatic rings. The minimum atomic E-state index is -1.46. The van der Waals surface area contributed by atoms with E-state index in [-0.39, 0.29) is 0 Å². The second-order valence-corrected chi connectivity index (χ2v) is 6.61. The van der Waals surface area contributed by atoms with E-state index in [1.54, 1.807) is 0 Å². The highest BCUT2D eigenvalue weighted by Gasteiger charge is 2.53. The molecule has 0 saturated carbocycles. The number of H-pyrrole nitrogens is 1. The van der Waals surface area contributed by atoms with Gasteiger partial charge >= 0.3 is 29.6 Å². The maximum Gasteiger partial charge on any atom is 0.330 e. The molecule has 2 heterocycles. The Bertz CT molecular complexity index is 966. The van der Waals surface area contributed by atoms with E-state index in [0.717, 1.165) is 44.5 Å². The molecule has 0 unspecified atom stereocenters. The molecule has 2 rings (SSSR count). The average molecular weight is 442 g/mol. The van der Waals surface area contributed by atoms with Gasteiger partial charge in [0.2, 0.25) is 0 Å². The molecule has 31 heavy (non-hydrogen) atoms. The molecule has 0 amide bonds. The van der Waals surface area contributed by atoms with Crippen LogP contribution >= 0.6 is 0 Å². The molecule has 1 aliphatic heterocycles. The Balaban J connectivity index is 2.60. The van der Waals surface area contributed by atoms with Crippen molar-refractivity contribution in [2.75, 3.05) is 6.61 Å². The Morgan fingerprint density at radius 2 is 1.45 bits per heavy atom. The number of nitrogens with one attached hydrogen (secondary N) is 1. The Hall–Kier alpha value is -3.48. The number of aromatic amines is 1. The summed E-state index contributed by atoms with van der Waals surface area (Å²) < 4.78 is 27.4. The summed E-state index contributed by atoms with van der Waals surface area (Å²) in [5.74, 6) is -3.07. The van der Waals surface area contributed by atoms with Crippen LogP contribution in [0.3, 0.4) is 0 Å². The van der Waals surface area contributed by atoms with Crippen LogP contribution in [0.15, 0.2) is 21.9 Å². The molecule has 1 fully saturated rings. The van der Waals surface area contributed by atoms with Crippen molar-refractivity contribution in [2.24, 2.45) is 0 Å². The van der Waals surface area contributed by atoms with Crippen molar-refractivity contribution in [3.63, 3.8) is 0 Å². The first-order valence-corrected chi connectivity index (χ1v) is 9.11. The summed E-state index contributed by atoms with van der Waals surface area (Å²) in [5, 5.41) is 0. The summed E-state index contributed by atoms with van der Waals surface area (Å²) in [6, 6.07) is 1.02. The fourth-order valence-corrected chi connectivity index (χ4v) is 3.06. The number of carbonyl (C=O) groups is 4. The highest BCUT2D eigenvalue weighted by atomic mass is 16.7. The first kappa shape index (κ1) is 23.8. The molecule has 13 nitrogen and oxygen atoms in total. The van der Waals surface area contributed by atoms with Gasteiger partial charge in [-0.05, 0) is 0 Å². The lowest BCUT2D eigenvalue weighted by Crippen LogP contribution is -2.61. The van der Waals surface area contributed by atoms with Crippen LogP contribution in [0.4, 0.5) is 0 Å². The molecule has 1 saturated heterocycles. The largest absolute Gasteiger partial charge is 0.463 e. The van der Waals surface area contributed by atoms with Crippen molar-refractivity contribution >= 4 is 23.9 Å². The topological polar surface area (TPSA) is 169 Å². The molecule has 5 atom stereocenters. The van der Waals surface area contributed by atoms with Gasteiger partial charge in [0.15, 0.2) is 24.5 Å². The molecule has 0 aromatic carbocycles. The van der Waals surface area contributed by atoms with Gasteiger partial charge < -0.3 is 23.7 Å². The third-order valence-corrected chi connectivity index (χ3v) is 4.09. The standard InChI is InChI=1S/C18H22N2O11/c1-8(21)27-7-12-14(28-9(2)22)15(29-10(3)23)16(30-11(4)24)17(31-12)20-6-5-13(25)19-18(20)26/h5-6,12,14-17H,7H2,1-4H3,(H,19,25,26)/t12-,14-,15+,16-,17+/m1/s1. The van der Waals surface area contributed by atoms with Crippen molar-refractivity contribution in [3.8, 4) is 0 Å². The van der Waals surface area contributed by atoms with E-state index in [0.29, 0.717) is 0 Å². The molecule has 13 heteroatoms. The molecule has 0 spiro atoms. The van der Waals surface area contributed by atoms with Crippen LogP contribution in [0, 0.1) is 0 Å². The lowest BCUT2D eigenvalue weighted by molar-refractivity contribution is -0.269. The summed E-state index contributed by atoms with van der Waals surface area (Å²) in [6.45, 7) is 3.94. The zero-order valence-corrected chi connectivity index (χ0v) is 17.2. The van der Waals surface area contributed by atoms with E-state index in [2.05, 4.69) is 0 Å². The zero-order valence-electron chi connectivity index (χ0n) is 17.2. The lowest BCUT2D eigenvalue weighted by atomic mass is 9.97. The molecule has 170 valence electrons. The molecular formula is C18H22N2O11. The van der Waals surface area contributed by atoms with Crippen molar-refractivity contribution in [3.05, 3.63) is 33.1 Å². The molecule has 1 aromatic rings. The second kappa shape index (κ2) is 10.0. The molecule has 0 radical (unpaired) electrons. The fourth-order valence-electron chi connectivity index (χ4n) is 3.06. The number of ether oxygens (including phenoxy) is 5. The molecule has 0 aliphatic carbocycles. The van der Waals surface area contributed by atoms with Crippen LogP contribution in [0.25, 0.3) is 0 Å². The predicted octanol–water partition coefficient (Wildman–Crippen LogP) is -1.21. The minimum Gasteiger partial charge on any atom is -0.463 e. The number of hydrogen-bond donors (Lipinski definition) is 1. The van der Waals surface area contributed by atoms with Crippen LogP contribution in [-0.4, -0.2) is 64.5 Å². The zero-order chi connectivity index (χ0) is 23.3. The summed E-state index contributed by atoms with van der Waals surface area (Å²) in [6.07, 6.45) is -5.79. The van der Waals surface area contributed by atoms with Crippen molar-refractivity contribution in [1.29, 1.82) is 0 Å².